The quantitative estimate of drug-likeness (QED) is 0.455. The maximum absolute atomic E-state index is 13.4. The molecule has 0 atom stereocenters. The summed E-state index contributed by atoms with van der Waals surface area (Å²) in [6.07, 6.45) is 9.65. The number of hydrogen-bond acceptors (Lipinski definition) is 5. The summed E-state index contributed by atoms with van der Waals surface area (Å²) in [5.74, 6) is -0.425. The maximum atomic E-state index is 13.4. The lowest BCUT2D eigenvalue weighted by Crippen LogP contribution is -2.15. The first kappa shape index (κ1) is 18.1. The first-order chi connectivity index (χ1) is 12.1. The fourth-order valence-corrected chi connectivity index (χ4v) is 1.84. The zero-order valence-electron chi connectivity index (χ0n) is 14.2. The van der Waals surface area contributed by atoms with E-state index in [4.69, 9.17) is 0 Å². The van der Waals surface area contributed by atoms with Crippen LogP contribution in [0.4, 0.5) is 10.1 Å². The second-order valence-electron chi connectivity index (χ2n) is 5.26. The molecule has 0 fully saturated rings. The number of nitrogens with one attached hydrogen (secondary N) is 2. The van der Waals surface area contributed by atoms with Gasteiger partial charge in [0.2, 0.25) is 0 Å². The minimum absolute atomic E-state index is 0.324. The van der Waals surface area contributed by atoms with Crippen molar-refractivity contribution in [2.45, 2.75) is 13.8 Å². The molecule has 6 heteroatoms. The van der Waals surface area contributed by atoms with Gasteiger partial charge in [0.1, 0.15) is 0 Å². The number of hydrazine groups is 1. The first-order valence-corrected chi connectivity index (χ1v) is 7.68. The molecule has 0 aliphatic rings. The highest BCUT2D eigenvalue weighted by atomic mass is 19.1. The Kier molecular flexibility index (Phi) is 6.59. The summed E-state index contributed by atoms with van der Waals surface area (Å²) in [5, 5.41) is 0. The summed E-state index contributed by atoms with van der Waals surface area (Å²) in [6.45, 7) is 7.76. The van der Waals surface area contributed by atoms with Crippen LogP contribution in [0, 0.1) is 12.7 Å². The Morgan fingerprint density at radius 2 is 2.16 bits per heavy atom. The lowest BCUT2D eigenvalue weighted by atomic mass is 10.2. The zero-order valence-corrected chi connectivity index (χ0v) is 14.2. The molecule has 0 aromatic carbocycles. The molecule has 0 aliphatic heterocycles. The number of aromatic nitrogens is 2. The Bertz CT molecular complexity index is 824. The molecule has 25 heavy (non-hydrogen) atoms. The topological polar surface area (TPSA) is 62.2 Å². The van der Waals surface area contributed by atoms with Crippen molar-refractivity contribution >= 4 is 17.6 Å². The minimum atomic E-state index is -0.425. The predicted octanol–water partition coefficient (Wildman–Crippen LogP) is 4.04. The number of allylic oxidation sites excluding steroid dienone is 3. The van der Waals surface area contributed by atoms with E-state index < -0.39 is 5.82 Å². The van der Waals surface area contributed by atoms with Gasteiger partial charge in [-0.25, -0.2) is 4.39 Å². The van der Waals surface area contributed by atoms with Gasteiger partial charge in [0.15, 0.2) is 5.82 Å². The molecule has 2 N–H and O–H groups in total. The van der Waals surface area contributed by atoms with Gasteiger partial charge in [0.05, 0.1) is 23.3 Å². The summed E-state index contributed by atoms with van der Waals surface area (Å²) in [5.41, 5.74) is 9.09. The Morgan fingerprint density at radius 1 is 1.32 bits per heavy atom. The number of anilines is 1. The van der Waals surface area contributed by atoms with E-state index in [1.165, 1.54) is 12.3 Å². The van der Waals surface area contributed by atoms with Gasteiger partial charge < -0.3 is 5.43 Å². The molecule has 2 aromatic heterocycles. The third-order valence-corrected chi connectivity index (χ3v) is 3.16. The highest BCUT2D eigenvalue weighted by Gasteiger charge is 1.98. The van der Waals surface area contributed by atoms with Crippen LogP contribution in [0.15, 0.2) is 72.2 Å². The van der Waals surface area contributed by atoms with Crippen LogP contribution in [0.5, 0.6) is 0 Å². The Balaban J connectivity index is 1.84. The van der Waals surface area contributed by atoms with Crippen molar-refractivity contribution in [3.8, 4) is 0 Å². The van der Waals surface area contributed by atoms with Gasteiger partial charge in [-0.1, -0.05) is 12.6 Å². The fraction of sp³-hybridized carbons (Fsp3) is 0.105. The second-order valence-corrected chi connectivity index (χ2v) is 5.26. The number of nitrogens with zero attached hydrogens (tertiary/aromatic N) is 3. The standard InChI is InChI=1S/C19H20FN5/c1-14(8-12-23-25-19-9-10-21-13-17(19)20)7-11-22-16(3)18-6-4-5-15(2)24-18/h4-13,23H,3H2,1-2H3,(H,21,25)/b12-8-,14-7+,22-11-. The lowest BCUT2D eigenvalue weighted by molar-refractivity contribution is 0.622. The van der Waals surface area contributed by atoms with Gasteiger partial charge >= 0.3 is 0 Å². The molecule has 0 aliphatic carbocycles. The number of rotatable bonds is 7. The van der Waals surface area contributed by atoms with Crippen LogP contribution < -0.4 is 10.9 Å². The van der Waals surface area contributed by atoms with Gasteiger partial charge in [-0.15, -0.1) is 0 Å². The molecular formula is C19H20FN5. The summed E-state index contributed by atoms with van der Waals surface area (Å²) in [6, 6.07) is 7.26. The third kappa shape index (κ3) is 6.02. The van der Waals surface area contributed by atoms with E-state index >= 15 is 0 Å². The van der Waals surface area contributed by atoms with Gasteiger partial charge in [0.25, 0.3) is 0 Å². The smallest absolute Gasteiger partial charge is 0.166 e. The SMILES string of the molecule is C=C(\N=C/C=C(C)/C=C\NNc1ccncc1F)c1cccc(C)n1. The molecule has 5 nitrogen and oxygen atoms in total. The van der Waals surface area contributed by atoms with Crippen LogP contribution >= 0.6 is 0 Å². The molecule has 2 heterocycles. The van der Waals surface area contributed by atoms with Gasteiger partial charge in [-0.05, 0) is 49.8 Å². The Labute approximate surface area is 146 Å². The minimum Gasteiger partial charge on any atom is -0.308 e. The van der Waals surface area contributed by atoms with Gasteiger partial charge in [0, 0.05) is 24.3 Å². The molecule has 0 radical (unpaired) electrons. The van der Waals surface area contributed by atoms with E-state index in [0.717, 1.165) is 23.2 Å². The maximum Gasteiger partial charge on any atom is 0.166 e. The molecule has 0 unspecified atom stereocenters. The average molecular weight is 337 g/mol. The van der Waals surface area contributed by atoms with E-state index in [9.17, 15) is 4.39 Å². The van der Waals surface area contributed by atoms with E-state index in [1.807, 2.05) is 44.2 Å². The first-order valence-electron chi connectivity index (χ1n) is 7.68. The summed E-state index contributed by atoms with van der Waals surface area (Å²) in [4.78, 5) is 12.3. The van der Waals surface area contributed by atoms with Crippen molar-refractivity contribution in [3.05, 3.63) is 84.4 Å². The second kappa shape index (κ2) is 9.12. The molecule has 0 bridgehead atoms. The number of halogens is 1. The van der Waals surface area contributed by atoms with Crippen LogP contribution in [-0.2, 0) is 0 Å². The predicted molar refractivity (Wildman–Crippen MR) is 100 cm³/mol. The summed E-state index contributed by atoms with van der Waals surface area (Å²) >= 11 is 0. The Morgan fingerprint density at radius 3 is 2.92 bits per heavy atom. The Hall–Kier alpha value is -3.28. The lowest BCUT2D eigenvalue weighted by Gasteiger charge is -2.05. The molecule has 2 aromatic rings. The van der Waals surface area contributed by atoms with Crippen molar-refractivity contribution in [2.24, 2.45) is 4.99 Å². The highest BCUT2D eigenvalue weighted by molar-refractivity contribution is 5.79. The molecule has 0 saturated heterocycles. The number of pyridine rings is 2. The fourth-order valence-electron chi connectivity index (χ4n) is 1.84. The molecule has 0 saturated carbocycles. The molecular weight excluding hydrogens is 317 g/mol. The number of hydrogen-bond donors (Lipinski definition) is 2. The summed E-state index contributed by atoms with van der Waals surface area (Å²) < 4.78 is 13.4. The van der Waals surface area contributed by atoms with Crippen LogP contribution in [0.1, 0.15) is 18.3 Å². The van der Waals surface area contributed by atoms with Crippen molar-refractivity contribution in [3.63, 3.8) is 0 Å². The summed E-state index contributed by atoms with van der Waals surface area (Å²) in [7, 11) is 0. The van der Waals surface area contributed by atoms with Gasteiger partial charge in [-0.2, -0.15) is 0 Å². The van der Waals surface area contributed by atoms with Crippen molar-refractivity contribution < 1.29 is 4.39 Å². The van der Waals surface area contributed by atoms with Crippen molar-refractivity contribution in [1.29, 1.82) is 0 Å². The third-order valence-electron chi connectivity index (χ3n) is 3.16. The van der Waals surface area contributed by atoms with Crippen LogP contribution in [0.2, 0.25) is 0 Å². The monoisotopic (exact) mass is 337 g/mol. The van der Waals surface area contributed by atoms with Crippen molar-refractivity contribution in [1.82, 2.24) is 15.4 Å². The van der Waals surface area contributed by atoms with Crippen molar-refractivity contribution in [2.75, 3.05) is 5.43 Å². The van der Waals surface area contributed by atoms with Crippen LogP contribution in [-0.4, -0.2) is 16.2 Å². The largest absolute Gasteiger partial charge is 0.308 e. The molecule has 0 spiro atoms. The van der Waals surface area contributed by atoms with Crippen LogP contribution in [0.25, 0.3) is 5.70 Å². The zero-order chi connectivity index (χ0) is 18.1. The molecule has 128 valence electrons. The van der Waals surface area contributed by atoms with E-state index in [2.05, 4.69) is 32.4 Å². The average Bonchev–Trinajstić information content (AvgIpc) is 2.60. The normalized spacial score (nSPS) is 11.9. The van der Waals surface area contributed by atoms with Gasteiger partial charge in [-0.3, -0.25) is 20.4 Å². The highest BCUT2D eigenvalue weighted by Crippen LogP contribution is 2.11. The number of aryl methyl sites for hydroxylation is 1. The molecule has 2 rings (SSSR count). The van der Waals surface area contributed by atoms with E-state index in [0.29, 0.717) is 11.4 Å². The van der Waals surface area contributed by atoms with E-state index in [-0.39, 0.29) is 0 Å². The molecule has 0 amide bonds. The number of aliphatic imine (C=N–C) groups is 1. The van der Waals surface area contributed by atoms with Crippen LogP contribution in [0.3, 0.4) is 0 Å². The van der Waals surface area contributed by atoms with E-state index in [1.54, 1.807) is 12.4 Å².